The van der Waals surface area contributed by atoms with Gasteiger partial charge in [-0.1, -0.05) is 65.3 Å². The summed E-state index contributed by atoms with van der Waals surface area (Å²) in [5, 5.41) is 14.2. The normalized spacial score (nSPS) is 10.6. The molecule has 0 aliphatic carbocycles. The maximum Gasteiger partial charge on any atom is 0.137 e. The number of carbonyl (C=O) groups is 1. The second kappa shape index (κ2) is 9.18. The first-order valence-electron chi connectivity index (χ1n) is 8.27. The number of phenolic OH excluding ortho intramolecular Hbond substituents is 1. The van der Waals surface area contributed by atoms with E-state index in [0.717, 1.165) is 27.3 Å². The molecule has 3 nitrogen and oxygen atoms in total. The average molecular weight is 418 g/mol. The zero-order chi connectivity index (χ0) is 19.2. The molecule has 3 rings (SSSR count). The van der Waals surface area contributed by atoms with Gasteiger partial charge in [-0.3, -0.25) is 0 Å². The van der Waals surface area contributed by atoms with E-state index >= 15 is 0 Å². The van der Waals surface area contributed by atoms with Gasteiger partial charge in [0.1, 0.15) is 12.0 Å². The monoisotopic (exact) mass is 417 g/mol. The second-order valence-electron chi connectivity index (χ2n) is 5.83. The van der Waals surface area contributed by atoms with Crippen LogP contribution in [0.5, 0.6) is 5.75 Å². The van der Waals surface area contributed by atoms with Gasteiger partial charge in [0.15, 0.2) is 0 Å². The van der Waals surface area contributed by atoms with E-state index in [1.807, 2.05) is 48.5 Å². The van der Waals surface area contributed by atoms with Crippen molar-refractivity contribution in [2.75, 3.05) is 5.32 Å². The van der Waals surface area contributed by atoms with E-state index in [1.165, 1.54) is 0 Å². The predicted molar refractivity (Wildman–Crippen MR) is 112 cm³/mol. The van der Waals surface area contributed by atoms with Crippen molar-refractivity contribution < 1.29 is 9.90 Å². The Hall–Kier alpha value is -2.14. The summed E-state index contributed by atoms with van der Waals surface area (Å²) in [6, 6.07) is 19.2. The average Bonchev–Trinajstić information content (AvgIpc) is 2.67. The van der Waals surface area contributed by atoms with E-state index < -0.39 is 0 Å². The second-order valence-corrected chi connectivity index (χ2v) is 7.73. The summed E-state index contributed by atoms with van der Waals surface area (Å²) in [7, 11) is 0. The molecule has 3 aromatic rings. The Balaban J connectivity index is 1.79. The number of phenols is 1. The highest BCUT2D eigenvalue weighted by molar-refractivity contribution is 7.99. The summed E-state index contributed by atoms with van der Waals surface area (Å²) in [4.78, 5) is 12.9. The van der Waals surface area contributed by atoms with Gasteiger partial charge in [0.2, 0.25) is 0 Å². The molecule has 0 unspecified atom stereocenters. The van der Waals surface area contributed by atoms with Crippen molar-refractivity contribution in [2.24, 2.45) is 0 Å². The van der Waals surface area contributed by atoms with Crippen LogP contribution in [-0.2, 0) is 17.8 Å². The van der Waals surface area contributed by atoms with Gasteiger partial charge in [0.25, 0.3) is 0 Å². The smallest absolute Gasteiger partial charge is 0.137 e. The third kappa shape index (κ3) is 4.98. The van der Waals surface area contributed by atoms with Crippen LogP contribution in [0.3, 0.4) is 0 Å². The van der Waals surface area contributed by atoms with E-state index in [9.17, 15) is 9.90 Å². The Kier molecular flexibility index (Phi) is 6.67. The number of carbonyl (C=O) groups excluding carboxylic acids is 1. The van der Waals surface area contributed by atoms with Crippen LogP contribution in [0, 0.1) is 0 Å². The van der Waals surface area contributed by atoms with Crippen molar-refractivity contribution in [2.45, 2.75) is 22.8 Å². The number of aromatic hydroxyl groups is 1. The Morgan fingerprint density at radius 1 is 0.926 bits per heavy atom. The Labute approximate surface area is 172 Å². The highest BCUT2D eigenvalue weighted by Crippen LogP contribution is 2.36. The molecule has 0 bridgehead atoms. The molecule has 0 heterocycles. The fourth-order valence-electron chi connectivity index (χ4n) is 2.60. The fourth-order valence-corrected chi connectivity index (χ4v) is 4.05. The quantitative estimate of drug-likeness (QED) is 0.354. The van der Waals surface area contributed by atoms with Gasteiger partial charge in [-0.2, -0.15) is 0 Å². The molecular formula is C21H17Cl2NO2S. The van der Waals surface area contributed by atoms with Crippen molar-refractivity contribution >= 4 is 46.9 Å². The van der Waals surface area contributed by atoms with E-state index in [2.05, 4.69) is 5.32 Å². The molecule has 6 heteroatoms. The number of hydrogen-bond acceptors (Lipinski definition) is 4. The third-order valence-corrected chi connectivity index (χ3v) is 5.88. The topological polar surface area (TPSA) is 49.3 Å². The molecule has 0 amide bonds. The summed E-state index contributed by atoms with van der Waals surface area (Å²) in [6.45, 7) is 0.565. The third-order valence-electron chi connectivity index (χ3n) is 3.96. The molecule has 138 valence electrons. The minimum atomic E-state index is -0.0519. The van der Waals surface area contributed by atoms with Crippen LogP contribution >= 0.6 is 35.0 Å². The molecular weight excluding hydrogens is 401 g/mol. The summed E-state index contributed by atoms with van der Waals surface area (Å²) < 4.78 is 0. The highest BCUT2D eigenvalue weighted by atomic mass is 35.5. The van der Waals surface area contributed by atoms with Crippen molar-refractivity contribution in [3.05, 3.63) is 81.8 Å². The van der Waals surface area contributed by atoms with Crippen molar-refractivity contribution in [1.29, 1.82) is 0 Å². The van der Waals surface area contributed by atoms with E-state index in [0.29, 0.717) is 17.1 Å². The van der Waals surface area contributed by atoms with E-state index in [1.54, 1.807) is 23.9 Å². The zero-order valence-electron chi connectivity index (χ0n) is 14.3. The minimum absolute atomic E-state index is 0.0519. The van der Waals surface area contributed by atoms with Crippen LogP contribution in [0.4, 0.5) is 5.69 Å². The van der Waals surface area contributed by atoms with Crippen molar-refractivity contribution in [3.8, 4) is 5.75 Å². The lowest BCUT2D eigenvalue weighted by atomic mass is 10.1. The summed E-state index contributed by atoms with van der Waals surface area (Å²) >= 11 is 14.0. The molecule has 0 saturated carbocycles. The van der Waals surface area contributed by atoms with E-state index in [4.69, 9.17) is 23.2 Å². The zero-order valence-corrected chi connectivity index (χ0v) is 16.6. The fraction of sp³-hybridized carbons (Fsp3) is 0.0952. The number of halogens is 2. The maximum atomic E-state index is 10.8. The minimum Gasteiger partial charge on any atom is -0.506 e. The molecule has 27 heavy (non-hydrogen) atoms. The SMILES string of the molecule is O=CCc1cc(NCc2ccccc2Sc2ccccc2Cl)cc(Cl)c1O. The maximum absolute atomic E-state index is 10.8. The van der Waals surface area contributed by atoms with Crippen LogP contribution in [0.15, 0.2) is 70.5 Å². The van der Waals surface area contributed by atoms with Gasteiger partial charge >= 0.3 is 0 Å². The highest BCUT2D eigenvalue weighted by Gasteiger charge is 2.10. The molecule has 3 aromatic carbocycles. The first kappa shape index (κ1) is 19.6. The molecule has 0 atom stereocenters. The Morgan fingerprint density at radius 2 is 1.63 bits per heavy atom. The number of benzene rings is 3. The number of aldehydes is 1. The lowest BCUT2D eigenvalue weighted by Crippen LogP contribution is -2.02. The predicted octanol–water partition coefficient (Wildman–Crippen LogP) is 6.20. The summed E-state index contributed by atoms with van der Waals surface area (Å²) in [6.07, 6.45) is 0.852. The molecule has 0 radical (unpaired) electrons. The van der Waals surface area contributed by atoms with Gasteiger partial charge in [-0.25, -0.2) is 0 Å². The van der Waals surface area contributed by atoms with Gasteiger partial charge in [0.05, 0.1) is 10.0 Å². The number of hydrogen-bond donors (Lipinski definition) is 2. The largest absolute Gasteiger partial charge is 0.506 e. The lowest BCUT2D eigenvalue weighted by Gasteiger charge is -2.13. The Bertz CT molecular complexity index is 963. The number of rotatable bonds is 7. The summed E-state index contributed by atoms with van der Waals surface area (Å²) in [5.41, 5.74) is 2.34. The summed E-state index contributed by atoms with van der Waals surface area (Å²) in [5.74, 6) is -0.0519. The van der Waals surface area contributed by atoms with Crippen LogP contribution in [0.2, 0.25) is 10.0 Å². The van der Waals surface area contributed by atoms with Crippen molar-refractivity contribution in [1.82, 2.24) is 0 Å². The van der Waals surface area contributed by atoms with Crippen LogP contribution in [0.1, 0.15) is 11.1 Å². The van der Waals surface area contributed by atoms with Crippen LogP contribution in [-0.4, -0.2) is 11.4 Å². The molecule has 0 aliphatic heterocycles. The molecule has 0 saturated heterocycles. The molecule has 0 spiro atoms. The molecule has 2 N–H and O–H groups in total. The van der Waals surface area contributed by atoms with Crippen LogP contribution in [0.25, 0.3) is 0 Å². The molecule has 0 fully saturated rings. The Morgan fingerprint density at radius 3 is 2.37 bits per heavy atom. The van der Waals surface area contributed by atoms with Gasteiger partial charge in [-0.15, -0.1) is 0 Å². The number of anilines is 1. The number of nitrogens with one attached hydrogen (secondary N) is 1. The van der Waals surface area contributed by atoms with Gasteiger partial charge in [0, 0.05) is 34.0 Å². The van der Waals surface area contributed by atoms with Crippen molar-refractivity contribution in [3.63, 3.8) is 0 Å². The van der Waals surface area contributed by atoms with Gasteiger partial charge < -0.3 is 15.2 Å². The first-order chi connectivity index (χ1) is 13.1. The van der Waals surface area contributed by atoms with Crippen LogP contribution < -0.4 is 5.32 Å². The standard InChI is InChI=1S/C21H17Cl2NO2S/c22-17-6-2-4-8-20(17)27-19-7-3-1-5-15(19)13-24-16-11-14(9-10-25)21(26)18(23)12-16/h1-8,10-12,24,26H,9,13H2. The lowest BCUT2D eigenvalue weighted by molar-refractivity contribution is -0.107. The first-order valence-corrected chi connectivity index (χ1v) is 9.85. The molecule has 0 aromatic heterocycles. The molecule has 0 aliphatic rings. The van der Waals surface area contributed by atoms with E-state index in [-0.39, 0.29) is 17.2 Å². The van der Waals surface area contributed by atoms with Gasteiger partial charge in [-0.05, 0) is 35.9 Å².